The number of rotatable bonds is 0. The molecule has 2 heterocycles. The maximum atomic E-state index is 9.47. The van der Waals surface area contributed by atoms with Crippen LogP contribution in [0.4, 0.5) is 0 Å². The highest BCUT2D eigenvalue weighted by Crippen LogP contribution is 2.22. The number of hydrogen-bond donors (Lipinski definition) is 1. The molecule has 3 unspecified atom stereocenters. The van der Waals surface area contributed by atoms with E-state index in [0.717, 1.165) is 0 Å². The van der Waals surface area contributed by atoms with E-state index in [1.54, 1.807) is 13.0 Å². The van der Waals surface area contributed by atoms with Crippen LogP contribution in [0.25, 0.3) is 0 Å². The molecule has 12 heavy (non-hydrogen) atoms. The minimum atomic E-state index is -0.574. The molecular weight excluding hydrogens is 160 g/mol. The molecule has 0 saturated carbocycles. The van der Waals surface area contributed by atoms with Crippen LogP contribution in [-0.4, -0.2) is 36.3 Å². The lowest BCUT2D eigenvalue weighted by atomic mass is 10.1. The van der Waals surface area contributed by atoms with E-state index in [2.05, 4.69) is 0 Å². The summed E-state index contributed by atoms with van der Waals surface area (Å²) in [4.78, 5) is 0. The zero-order valence-corrected chi connectivity index (χ0v) is 6.84. The van der Waals surface area contributed by atoms with Crippen molar-refractivity contribution in [3.63, 3.8) is 0 Å². The fourth-order valence-electron chi connectivity index (χ4n) is 1.43. The highest BCUT2D eigenvalue weighted by molar-refractivity contribution is 4.98. The van der Waals surface area contributed by atoms with Gasteiger partial charge < -0.3 is 19.3 Å². The molecular formula is C8H12O4. The number of fused-ring (bicyclic) bond motifs is 1. The maximum Gasteiger partial charge on any atom is 0.155 e. The van der Waals surface area contributed by atoms with Crippen LogP contribution in [-0.2, 0) is 14.2 Å². The fraction of sp³-hybridized carbons (Fsp3) is 0.750. The van der Waals surface area contributed by atoms with Gasteiger partial charge in [0.15, 0.2) is 12.4 Å². The molecule has 2 aliphatic rings. The van der Waals surface area contributed by atoms with Crippen LogP contribution in [0.15, 0.2) is 12.3 Å². The fourth-order valence-corrected chi connectivity index (χ4v) is 1.43. The Morgan fingerprint density at radius 3 is 3.17 bits per heavy atom. The van der Waals surface area contributed by atoms with Crippen molar-refractivity contribution in [1.82, 2.24) is 0 Å². The summed E-state index contributed by atoms with van der Waals surface area (Å²) in [6.45, 7) is 2.29. The summed E-state index contributed by atoms with van der Waals surface area (Å²) in [7, 11) is 0. The first-order valence-corrected chi connectivity index (χ1v) is 4.04. The summed E-state index contributed by atoms with van der Waals surface area (Å²) < 4.78 is 15.8. The van der Waals surface area contributed by atoms with Gasteiger partial charge >= 0.3 is 0 Å². The zero-order valence-electron chi connectivity index (χ0n) is 6.84. The van der Waals surface area contributed by atoms with Gasteiger partial charge in [-0.2, -0.15) is 0 Å². The van der Waals surface area contributed by atoms with Crippen LogP contribution in [0.3, 0.4) is 0 Å². The third-order valence-electron chi connectivity index (χ3n) is 2.08. The van der Waals surface area contributed by atoms with Crippen LogP contribution < -0.4 is 0 Å². The number of aliphatic hydroxyl groups is 1. The lowest BCUT2D eigenvalue weighted by Crippen LogP contribution is -2.50. The van der Waals surface area contributed by atoms with Crippen molar-refractivity contribution in [2.75, 3.05) is 6.61 Å². The molecule has 0 aromatic carbocycles. The summed E-state index contributed by atoms with van der Waals surface area (Å²) in [6.07, 6.45) is 1.80. The molecule has 1 fully saturated rings. The van der Waals surface area contributed by atoms with Gasteiger partial charge in [-0.05, 0) is 13.0 Å². The summed E-state index contributed by atoms with van der Waals surface area (Å²) >= 11 is 0. The Balaban J connectivity index is 2.07. The van der Waals surface area contributed by atoms with Gasteiger partial charge in [-0.25, -0.2) is 0 Å². The monoisotopic (exact) mass is 172 g/mol. The van der Waals surface area contributed by atoms with E-state index in [4.69, 9.17) is 14.2 Å². The first kappa shape index (κ1) is 8.04. The number of hydrogen-bond acceptors (Lipinski definition) is 4. The van der Waals surface area contributed by atoms with Crippen LogP contribution in [0.2, 0.25) is 0 Å². The van der Waals surface area contributed by atoms with Crippen LogP contribution in [0, 0.1) is 0 Å². The van der Waals surface area contributed by atoms with E-state index >= 15 is 0 Å². The number of ether oxygens (including phenoxy) is 3. The largest absolute Gasteiger partial charge is 0.493 e. The highest BCUT2D eigenvalue weighted by Gasteiger charge is 2.37. The molecule has 4 atom stereocenters. The second kappa shape index (κ2) is 3.05. The quantitative estimate of drug-likeness (QED) is 0.559. The molecule has 4 nitrogen and oxygen atoms in total. The summed E-state index contributed by atoms with van der Waals surface area (Å²) in [5.41, 5.74) is 0. The molecule has 0 radical (unpaired) electrons. The average molecular weight is 172 g/mol. The van der Waals surface area contributed by atoms with Crippen molar-refractivity contribution in [3.8, 4) is 0 Å². The molecule has 4 heteroatoms. The molecule has 0 bridgehead atoms. The summed E-state index contributed by atoms with van der Waals surface area (Å²) in [6, 6.07) is 0. The Morgan fingerprint density at radius 2 is 2.33 bits per heavy atom. The van der Waals surface area contributed by atoms with Crippen molar-refractivity contribution in [2.45, 2.75) is 31.5 Å². The predicted octanol–water partition coefficient (Wildman–Crippen LogP) is 0.0212. The predicted molar refractivity (Wildman–Crippen MR) is 40.3 cm³/mol. The molecule has 1 N–H and O–H groups in total. The van der Waals surface area contributed by atoms with E-state index < -0.39 is 6.10 Å². The molecule has 0 aromatic heterocycles. The molecule has 1 saturated heterocycles. The first-order valence-electron chi connectivity index (χ1n) is 4.04. The van der Waals surface area contributed by atoms with Gasteiger partial charge in [0, 0.05) is 0 Å². The molecule has 68 valence electrons. The standard InChI is InChI=1S/C8H12O4/c1-5-11-4-7-8(12-5)6(9)2-3-10-7/h2-3,5-9H,4H2,1H3/t5?,6?,7?,8-/m1/s1. The van der Waals surface area contributed by atoms with Gasteiger partial charge in [0.25, 0.3) is 0 Å². The molecule has 2 rings (SSSR count). The Hall–Kier alpha value is -0.580. The maximum absolute atomic E-state index is 9.47. The minimum absolute atomic E-state index is 0.166. The van der Waals surface area contributed by atoms with Gasteiger partial charge in [0.1, 0.15) is 12.2 Å². The smallest absolute Gasteiger partial charge is 0.155 e. The van der Waals surface area contributed by atoms with E-state index in [-0.39, 0.29) is 18.5 Å². The Labute approximate surface area is 70.7 Å². The van der Waals surface area contributed by atoms with Gasteiger partial charge in [0.2, 0.25) is 0 Å². The number of aliphatic hydroxyl groups excluding tert-OH is 1. The summed E-state index contributed by atoms with van der Waals surface area (Å²) in [5.74, 6) is 0. The van der Waals surface area contributed by atoms with Crippen molar-refractivity contribution < 1.29 is 19.3 Å². The molecule has 0 aromatic rings. The Morgan fingerprint density at radius 1 is 1.50 bits per heavy atom. The van der Waals surface area contributed by atoms with Crippen LogP contribution in [0.5, 0.6) is 0 Å². The van der Waals surface area contributed by atoms with E-state index in [0.29, 0.717) is 6.61 Å². The molecule has 2 aliphatic heterocycles. The first-order chi connectivity index (χ1) is 5.77. The van der Waals surface area contributed by atoms with E-state index in [1.165, 1.54) is 6.26 Å². The highest BCUT2D eigenvalue weighted by atomic mass is 16.7. The van der Waals surface area contributed by atoms with Gasteiger partial charge in [-0.3, -0.25) is 0 Å². The second-order valence-electron chi connectivity index (χ2n) is 3.00. The Bertz CT molecular complexity index is 191. The summed E-state index contributed by atoms with van der Waals surface area (Å²) in [5, 5.41) is 9.47. The van der Waals surface area contributed by atoms with Crippen molar-refractivity contribution in [3.05, 3.63) is 12.3 Å². The lowest BCUT2D eigenvalue weighted by Gasteiger charge is -2.38. The molecule has 0 aliphatic carbocycles. The SMILES string of the molecule is CC1OCC2OC=CC(O)[C@H]2O1. The van der Waals surface area contributed by atoms with Gasteiger partial charge in [-0.15, -0.1) is 0 Å². The molecule has 0 amide bonds. The average Bonchev–Trinajstić information content (AvgIpc) is 2.07. The van der Waals surface area contributed by atoms with Gasteiger partial charge in [0.05, 0.1) is 12.9 Å². The third kappa shape index (κ3) is 1.33. The normalized spacial score (nSPS) is 46.5. The second-order valence-corrected chi connectivity index (χ2v) is 3.00. The minimum Gasteiger partial charge on any atom is -0.493 e. The lowest BCUT2D eigenvalue weighted by molar-refractivity contribution is -0.264. The molecule has 0 spiro atoms. The van der Waals surface area contributed by atoms with E-state index in [9.17, 15) is 5.11 Å². The zero-order chi connectivity index (χ0) is 8.55. The van der Waals surface area contributed by atoms with Crippen LogP contribution >= 0.6 is 0 Å². The van der Waals surface area contributed by atoms with Crippen molar-refractivity contribution in [2.24, 2.45) is 0 Å². The van der Waals surface area contributed by atoms with E-state index in [1.807, 2.05) is 0 Å². The van der Waals surface area contributed by atoms with Crippen LogP contribution in [0.1, 0.15) is 6.92 Å². The van der Waals surface area contributed by atoms with Crippen molar-refractivity contribution >= 4 is 0 Å². The van der Waals surface area contributed by atoms with Crippen molar-refractivity contribution in [1.29, 1.82) is 0 Å². The van der Waals surface area contributed by atoms with Gasteiger partial charge in [-0.1, -0.05) is 0 Å². The Kier molecular flexibility index (Phi) is 2.04. The topological polar surface area (TPSA) is 47.9 Å². The third-order valence-corrected chi connectivity index (χ3v) is 2.08.